The van der Waals surface area contributed by atoms with Gasteiger partial charge in [-0.3, -0.25) is 14.4 Å². The van der Waals surface area contributed by atoms with Gasteiger partial charge in [-0.2, -0.15) is 8.42 Å². The maximum absolute atomic E-state index is 14.1. The Balaban J connectivity index is 1.72. The molecule has 5 rings (SSSR count). The van der Waals surface area contributed by atoms with Crippen molar-refractivity contribution in [3.63, 3.8) is 0 Å². The molecule has 3 aliphatic rings. The Morgan fingerprint density at radius 1 is 0.956 bits per heavy atom. The van der Waals surface area contributed by atoms with Gasteiger partial charge in [0.15, 0.2) is 23.1 Å². The van der Waals surface area contributed by atoms with E-state index in [0.29, 0.717) is 33.1 Å². The number of aliphatic carboxylic acids is 1. The molecule has 9 nitrogen and oxygen atoms in total. The van der Waals surface area contributed by atoms with Gasteiger partial charge in [-0.25, -0.2) is 0 Å². The van der Waals surface area contributed by atoms with E-state index in [9.17, 15) is 27.9 Å². The zero-order valence-corrected chi connectivity index (χ0v) is 29.1. The fourth-order valence-corrected chi connectivity index (χ4v) is 8.56. The highest BCUT2D eigenvalue weighted by Gasteiger charge is 2.49. The van der Waals surface area contributed by atoms with Crippen LogP contribution in [0.25, 0.3) is 0 Å². The Morgan fingerprint density at radius 3 is 2.02 bits per heavy atom. The maximum Gasteiger partial charge on any atom is 0.339 e. The molecule has 0 aromatic heterocycles. The number of benzene rings is 2. The number of carbonyl (C=O) groups excluding carboxylic acids is 2. The monoisotopic (exact) mass is 747 g/mol. The summed E-state index contributed by atoms with van der Waals surface area (Å²) < 4.78 is 38.4. The lowest BCUT2D eigenvalue weighted by Gasteiger charge is -2.49. The number of hydrogen-bond acceptors (Lipinski definition) is 8. The molecule has 11 heteroatoms. The van der Waals surface area contributed by atoms with E-state index in [4.69, 9.17) is 8.92 Å². The zero-order valence-electron chi connectivity index (χ0n) is 26.1. The Morgan fingerprint density at radius 2 is 1.51 bits per heavy atom. The van der Waals surface area contributed by atoms with Crippen LogP contribution in [0.1, 0.15) is 78.2 Å². The Labute approximate surface area is 277 Å². The molecule has 240 valence electrons. The SMILES string of the molecule is CCOc1cc(C2C3=C(CC(C)(C)CC3=O)N(CCC(=O)O)C3=C2C(=O)CC(C)(C)C3)cc(I)c1OS(=O)(=O)c1ccccc1. The molecule has 0 amide bonds. The third kappa shape index (κ3) is 6.70. The lowest BCUT2D eigenvalue weighted by Crippen LogP contribution is -2.45. The number of rotatable bonds is 9. The van der Waals surface area contributed by atoms with E-state index < -0.39 is 22.0 Å². The van der Waals surface area contributed by atoms with E-state index >= 15 is 0 Å². The van der Waals surface area contributed by atoms with Crippen LogP contribution in [0.3, 0.4) is 0 Å². The molecule has 45 heavy (non-hydrogen) atoms. The highest BCUT2D eigenvalue weighted by molar-refractivity contribution is 14.1. The molecule has 1 heterocycles. The number of carboxylic acids is 1. The first-order valence-electron chi connectivity index (χ1n) is 15.0. The minimum atomic E-state index is -4.18. The molecule has 0 saturated carbocycles. The number of Topliss-reactive ketones (excluding diaryl/α,β-unsaturated/α-hetero) is 2. The van der Waals surface area contributed by atoms with E-state index in [1.807, 2.05) is 55.2 Å². The van der Waals surface area contributed by atoms with Crippen LogP contribution in [0.15, 0.2) is 69.9 Å². The number of carboxylic acid groups (broad SMARTS) is 1. The molecule has 1 aliphatic heterocycles. The number of halogens is 1. The van der Waals surface area contributed by atoms with Crippen molar-refractivity contribution in [2.75, 3.05) is 13.2 Å². The molecule has 0 unspecified atom stereocenters. The average Bonchev–Trinajstić information content (AvgIpc) is 2.92. The van der Waals surface area contributed by atoms with Gasteiger partial charge in [0, 0.05) is 47.8 Å². The highest BCUT2D eigenvalue weighted by Crippen LogP contribution is 2.55. The Bertz CT molecular complexity index is 1690. The van der Waals surface area contributed by atoms with Crippen LogP contribution in [-0.2, 0) is 24.5 Å². The van der Waals surface area contributed by atoms with Crippen molar-refractivity contribution in [2.24, 2.45) is 10.8 Å². The van der Waals surface area contributed by atoms with Crippen molar-refractivity contribution in [1.82, 2.24) is 4.90 Å². The van der Waals surface area contributed by atoms with Crippen molar-refractivity contribution < 1.29 is 36.8 Å². The van der Waals surface area contributed by atoms with E-state index in [2.05, 4.69) is 0 Å². The van der Waals surface area contributed by atoms with Crippen molar-refractivity contribution in [2.45, 2.75) is 77.5 Å². The second kappa shape index (κ2) is 12.2. The first-order valence-corrected chi connectivity index (χ1v) is 17.5. The predicted molar refractivity (Wildman–Crippen MR) is 176 cm³/mol. The summed E-state index contributed by atoms with van der Waals surface area (Å²) in [5, 5.41) is 9.60. The quantitative estimate of drug-likeness (QED) is 0.223. The minimum absolute atomic E-state index is 0.00325. The lowest BCUT2D eigenvalue weighted by molar-refractivity contribution is -0.137. The molecule has 0 fully saturated rings. The topological polar surface area (TPSA) is 127 Å². The van der Waals surface area contributed by atoms with Crippen LogP contribution in [0.2, 0.25) is 0 Å². The van der Waals surface area contributed by atoms with Gasteiger partial charge in [-0.15, -0.1) is 0 Å². The maximum atomic E-state index is 14.1. The van der Waals surface area contributed by atoms with Gasteiger partial charge < -0.3 is 18.9 Å². The number of carbonyl (C=O) groups is 3. The second-order valence-electron chi connectivity index (χ2n) is 13.4. The molecule has 2 aromatic carbocycles. The zero-order chi connectivity index (χ0) is 32.9. The molecule has 2 aromatic rings. The van der Waals surface area contributed by atoms with Crippen LogP contribution >= 0.6 is 22.6 Å². The average molecular weight is 748 g/mol. The van der Waals surface area contributed by atoms with Crippen molar-refractivity contribution >= 4 is 50.2 Å². The lowest BCUT2D eigenvalue weighted by atomic mass is 9.63. The molecule has 0 atom stereocenters. The molecular weight excluding hydrogens is 709 g/mol. The van der Waals surface area contributed by atoms with Gasteiger partial charge in [0.2, 0.25) is 0 Å². The Hall–Kier alpha value is -3.19. The molecule has 0 saturated heterocycles. The first-order chi connectivity index (χ1) is 21.0. The summed E-state index contributed by atoms with van der Waals surface area (Å²) in [4.78, 5) is 41.8. The van der Waals surface area contributed by atoms with Gasteiger partial charge in [-0.05, 0) is 83.0 Å². The predicted octanol–water partition coefficient (Wildman–Crippen LogP) is 6.62. The number of ketones is 2. The number of nitrogens with zero attached hydrogens (tertiary/aromatic N) is 1. The molecular formula is C34H38INO8S. The summed E-state index contributed by atoms with van der Waals surface area (Å²) in [6.07, 6.45) is 1.51. The van der Waals surface area contributed by atoms with Crippen molar-refractivity contribution in [3.05, 3.63) is 74.1 Å². The summed E-state index contributed by atoms with van der Waals surface area (Å²) >= 11 is 2.00. The van der Waals surface area contributed by atoms with Gasteiger partial charge in [0.25, 0.3) is 0 Å². The summed E-state index contributed by atoms with van der Waals surface area (Å²) in [5.74, 6) is -1.63. The molecule has 0 bridgehead atoms. The van der Waals surface area contributed by atoms with Gasteiger partial charge in [0.05, 0.1) is 16.6 Å². The van der Waals surface area contributed by atoms with Crippen LogP contribution in [0.4, 0.5) is 0 Å². The third-order valence-electron chi connectivity index (χ3n) is 8.46. The summed E-state index contributed by atoms with van der Waals surface area (Å²) in [5.41, 5.74) is 2.40. The van der Waals surface area contributed by atoms with Gasteiger partial charge >= 0.3 is 16.1 Å². The normalized spacial score (nSPS) is 19.7. The van der Waals surface area contributed by atoms with Crippen LogP contribution in [-0.4, -0.2) is 49.1 Å². The first kappa shape index (κ1) is 33.2. The van der Waals surface area contributed by atoms with Crippen molar-refractivity contribution in [3.8, 4) is 11.5 Å². The van der Waals surface area contributed by atoms with Gasteiger partial charge in [0.1, 0.15) is 4.90 Å². The van der Waals surface area contributed by atoms with Crippen LogP contribution < -0.4 is 8.92 Å². The van der Waals surface area contributed by atoms with Crippen LogP contribution in [0, 0.1) is 14.4 Å². The van der Waals surface area contributed by atoms with E-state index in [0.717, 1.165) is 11.4 Å². The van der Waals surface area contributed by atoms with E-state index in [-0.39, 0.29) is 71.2 Å². The molecule has 2 aliphatic carbocycles. The molecule has 1 N–H and O–H groups in total. The number of hydrogen-bond donors (Lipinski definition) is 1. The largest absolute Gasteiger partial charge is 0.490 e. The van der Waals surface area contributed by atoms with E-state index in [1.54, 1.807) is 37.3 Å². The Kier molecular flexibility index (Phi) is 9.00. The molecule has 0 radical (unpaired) electrons. The van der Waals surface area contributed by atoms with Crippen molar-refractivity contribution in [1.29, 1.82) is 0 Å². The third-order valence-corrected chi connectivity index (χ3v) is 10.5. The smallest absolute Gasteiger partial charge is 0.339 e. The number of ether oxygens (including phenoxy) is 1. The fraction of sp³-hybridized carbons (Fsp3) is 0.441. The second-order valence-corrected chi connectivity index (χ2v) is 16.2. The summed E-state index contributed by atoms with van der Waals surface area (Å²) in [6, 6.07) is 11.3. The van der Waals surface area contributed by atoms with Crippen LogP contribution in [0.5, 0.6) is 11.5 Å². The standard InChI is InChI=1S/C34H38INO8S/c1-6-43-27-15-20(14-22(35)32(27)44-45(41,42)21-10-8-7-9-11-21)29-30-23(16-33(2,3)18-25(30)37)36(13-12-28(39)40)24-17-34(4,5)19-26(38)31(24)29/h7-11,14-15,29H,6,12-13,16-19H2,1-5H3,(H,39,40). The minimum Gasteiger partial charge on any atom is -0.490 e. The highest BCUT2D eigenvalue weighted by atomic mass is 127. The fourth-order valence-electron chi connectivity index (χ4n) is 6.70. The number of allylic oxidation sites excluding steroid dienone is 4. The van der Waals surface area contributed by atoms with E-state index in [1.165, 1.54) is 12.1 Å². The summed E-state index contributed by atoms with van der Waals surface area (Å²) in [7, 11) is -4.18. The molecule has 0 spiro atoms. The van der Waals surface area contributed by atoms with Gasteiger partial charge in [-0.1, -0.05) is 45.9 Å². The summed E-state index contributed by atoms with van der Waals surface area (Å²) in [6.45, 7) is 10.2.